The zero-order valence-corrected chi connectivity index (χ0v) is 12.5. The number of thioether (sulfide) groups is 1. The van der Waals surface area contributed by atoms with Gasteiger partial charge in [-0.25, -0.2) is 4.79 Å². The molecule has 3 nitrogen and oxygen atoms in total. The van der Waals surface area contributed by atoms with Crippen LogP contribution in [-0.2, 0) is 4.79 Å². The summed E-state index contributed by atoms with van der Waals surface area (Å²) in [5.41, 5.74) is 0.760. The molecule has 1 aromatic carbocycles. The molecule has 18 heavy (non-hydrogen) atoms. The molecule has 5 heteroatoms. The van der Waals surface area contributed by atoms with Gasteiger partial charge in [-0.1, -0.05) is 15.9 Å². The van der Waals surface area contributed by atoms with Crippen molar-refractivity contribution < 1.29 is 14.6 Å². The number of carboxylic acids is 1. The van der Waals surface area contributed by atoms with Gasteiger partial charge in [-0.15, -0.1) is 0 Å². The Morgan fingerprint density at radius 1 is 1.56 bits per heavy atom. The van der Waals surface area contributed by atoms with E-state index in [1.165, 1.54) is 6.08 Å². The van der Waals surface area contributed by atoms with Crippen LogP contribution in [0.1, 0.15) is 12.0 Å². The van der Waals surface area contributed by atoms with E-state index in [1.807, 2.05) is 18.2 Å². The number of ether oxygens (including phenoxy) is 1. The van der Waals surface area contributed by atoms with Crippen LogP contribution in [-0.4, -0.2) is 29.7 Å². The van der Waals surface area contributed by atoms with Crippen molar-refractivity contribution in [3.63, 3.8) is 0 Å². The molecule has 1 aromatic rings. The number of hydrogen-bond donors (Lipinski definition) is 1. The highest BCUT2D eigenvalue weighted by Crippen LogP contribution is 2.24. The van der Waals surface area contributed by atoms with Crippen molar-refractivity contribution in [1.29, 1.82) is 0 Å². The first-order valence-corrected chi connectivity index (χ1v) is 7.64. The van der Waals surface area contributed by atoms with Gasteiger partial charge in [-0.05, 0) is 42.7 Å². The van der Waals surface area contributed by atoms with E-state index < -0.39 is 5.97 Å². The third-order valence-electron chi connectivity index (χ3n) is 2.13. The van der Waals surface area contributed by atoms with Crippen LogP contribution in [0.2, 0.25) is 0 Å². The molecule has 0 atom stereocenters. The monoisotopic (exact) mass is 330 g/mol. The van der Waals surface area contributed by atoms with Crippen LogP contribution in [0.4, 0.5) is 0 Å². The second-order valence-corrected chi connectivity index (χ2v) is 5.45. The SMILES string of the molecule is CSCCCOc1ccc(Br)cc1/C=C/C(=O)O. The minimum absolute atomic E-state index is 0.635. The second kappa shape index (κ2) is 8.21. The summed E-state index contributed by atoms with van der Waals surface area (Å²) in [5.74, 6) is 0.789. The van der Waals surface area contributed by atoms with Gasteiger partial charge in [-0.2, -0.15) is 11.8 Å². The van der Waals surface area contributed by atoms with Crippen molar-refractivity contribution in [1.82, 2.24) is 0 Å². The van der Waals surface area contributed by atoms with E-state index in [2.05, 4.69) is 22.2 Å². The maximum absolute atomic E-state index is 10.5. The van der Waals surface area contributed by atoms with E-state index in [4.69, 9.17) is 9.84 Å². The van der Waals surface area contributed by atoms with Crippen molar-refractivity contribution in [2.45, 2.75) is 6.42 Å². The summed E-state index contributed by atoms with van der Waals surface area (Å²) < 4.78 is 6.54. The maximum Gasteiger partial charge on any atom is 0.328 e. The van der Waals surface area contributed by atoms with Gasteiger partial charge in [0.15, 0.2) is 0 Å². The molecule has 1 rings (SSSR count). The van der Waals surface area contributed by atoms with Crippen molar-refractivity contribution >= 4 is 39.7 Å². The Bertz CT molecular complexity index is 432. The Morgan fingerprint density at radius 2 is 2.33 bits per heavy atom. The third-order valence-corrected chi connectivity index (χ3v) is 3.32. The minimum atomic E-state index is -0.969. The fraction of sp³-hybridized carbons (Fsp3) is 0.308. The Morgan fingerprint density at radius 3 is 3.00 bits per heavy atom. The lowest BCUT2D eigenvalue weighted by Gasteiger charge is -2.09. The molecule has 0 aliphatic rings. The van der Waals surface area contributed by atoms with Crippen LogP contribution in [0, 0.1) is 0 Å². The van der Waals surface area contributed by atoms with E-state index in [-0.39, 0.29) is 0 Å². The first-order valence-electron chi connectivity index (χ1n) is 5.46. The van der Waals surface area contributed by atoms with Crippen LogP contribution < -0.4 is 4.74 Å². The zero-order chi connectivity index (χ0) is 13.4. The van der Waals surface area contributed by atoms with E-state index in [1.54, 1.807) is 11.8 Å². The Kier molecular flexibility index (Phi) is 6.90. The lowest BCUT2D eigenvalue weighted by atomic mass is 10.2. The van der Waals surface area contributed by atoms with Crippen LogP contribution in [0.3, 0.4) is 0 Å². The minimum Gasteiger partial charge on any atom is -0.493 e. The van der Waals surface area contributed by atoms with E-state index >= 15 is 0 Å². The van der Waals surface area contributed by atoms with Gasteiger partial charge in [-0.3, -0.25) is 0 Å². The summed E-state index contributed by atoms with van der Waals surface area (Å²) in [6.07, 6.45) is 5.67. The molecule has 0 bridgehead atoms. The average Bonchev–Trinajstić information content (AvgIpc) is 2.34. The fourth-order valence-corrected chi connectivity index (χ4v) is 2.11. The molecule has 0 spiro atoms. The molecule has 0 amide bonds. The van der Waals surface area contributed by atoms with Crippen LogP contribution >= 0.6 is 27.7 Å². The molecule has 0 fully saturated rings. The highest BCUT2D eigenvalue weighted by atomic mass is 79.9. The Hall–Kier alpha value is -0.940. The van der Waals surface area contributed by atoms with Crippen LogP contribution in [0.15, 0.2) is 28.7 Å². The van der Waals surface area contributed by atoms with Crippen molar-refractivity contribution in [3.05, 3.63) is 34.3 Å². The summed E-state index contributed by atoms with van der Waals surface area (Å²) in [4.78, 5) is 10.5. The molecule has 0 saturated heterocycles. The number of aliphatic carboxylic acids is 1. The van der Waals surface area contributed by atoms with Crippen LogP contribution in [0.25, 0.3) is 6.08 Å². The standard InChI is InChI=1S/C13H15BrO3S/c1-18-8-2-7-17-12-5-4-11(14)9-10(12)3-6-13(15)16/h3-6,9H,2,7-8H2,1H3,(H,15,16)/b6-3+. The van der Waals surface area contributed by atoms with E-state index in [0.29, 0.717) is 12.4 Å². The number of carbonyl (C=O) groups is 1. The second-order valence-electron chi connectivity index (χ2n) is 3.55. The third kappa shape index (κ3) is 5.60. The first-order chi connectivity index (χ1) is 8.63. The largest absolute Gasteiger partial charge is 0.493 e. The van der Waals surface area contributed by atoms with Gasteiger partial charge in [0.2, 0.25) is 0 Å². The Balaban J connectivity index is 2.73. The summed E-state index contributed by atoms with van der Waals surface area (Å²) >= 11 is 5.13. The molecule has 0 aliphatic carbocycles. The molecule has 0 unspecified atom stereocenters. The molecule has 98 valence electrons. The topological polar surface area (TPSA) is 46.5 Å². The quantitative estimate of drug-likeness (QED) is 0.612. The van der Waals surface area contributed by atoms with E-state index in [9.17, 15) is 4.79 Å². The fourth-order valence-electron chi connectivity index (χ4n) is 1.33. The predicted molar refractivity (Wildman–Crippen MR) is 79.3 cm³/mol. The number of hydrogen-bond acceptors (Lipinski definition) is 3. The van der Waals surface area contributed by atoms with Crippen LogP contribution in [0.5, 0.6) is 5.75 Å². The number of rotatable bonds is 7. The van der Waals surface area contributed by atoms with Gasteiger partial charge in [0.1, 0.15) is 5.75 Å². The molecule has 0 saturated carbocycles. The molecular formula is C13H15BrO3S. The van der Waals surface area contributed by atoms with Gasteiger partial charge in [0, 0.05) is 16.1 Å². The molecule has 0 aliphatic heterocycles. The molecule has 0 heterocycles. The molecule has 1 N–H and O–H groups in total. The van der Waals surface area contributed by atoms with Gasteiger partial charge < -0.3 is 9.84 Å². The lowest BCUT2D eigenvalue weighted by molar-refractivity contribution is -0.131. The summed E-state index contributed by atoms with van der Waals surface area (Å²) in [5, 5.41) is 8.64. The number of carboxylic acid groups (broad SMARTS) is 1. The van der Waals surface area contributed by atoms with E-state index in [0.717, 1.165) is 28.3 Å². The maximum atomic E-state index is 10.5. The van der Waals surface area contributed by atoms with Crippen molar-refractivity contribution in [3.8, 4) is 5.75 Å². The summed E-state index contributed by atoms with van der Waals surface area (Å²) in [6, 6.07) is 5.55. The molecular weight excluding hydrogens is 316 g/mol. The van der Waals surface area contributed by atoms with Gasteiger partial charge in [0.05, 0.1) is 6.61 Å². The van der Waals surface area contributed by atoms with Crippen molar-refractivity contribution in [2.24, 2.45) is 0 Å². The lowest BCUT2D eigenvalue weighted by Crippen LogP contribution is -2.00. The zero-order valence-electron chi connectivity index (χ0n) is 10.1. The summed E-state index contributed by atoms with van der Waals surface area (Å²) in [7, 11) is 0. The number of halogens is 1. The Labute approximate surface area is 119 Å². The highest BCUT2D eigenvalue weighted by molar-refractivity contribution is 9.10. The smallest absolute Gasteiger partial charge is 0.328 e. The van der Waals surface area contributed by atoms with Crippen molar-refractivity contribution in [2.75, 3.05) is 18.6 Å². The van der Waals surface area contributed by atoms with Gasteiger partial charge in [0.25, 0.3) is 0 Å². The first kappa shape index (κ1) is 15.1. The predicted octanol–water partition coefficient (Wildman–Crippen LogP) is 3.68. The highest BCUT2D eigenvalue weighted by Gasteiger charge is 2.02. The summed E-state index contributed by atoms with van der Waals surface area (Å²) in [6.45, 7) is 0.635. The average molecular weight is 331 g/mol. The molecule has 0 radical (unpaired) electrons. The normalized spacial score (nSPS) is 10.8. The van der Waals surface area contributed by atoms with Gasteiger partial charge >= 0.3 is 5.97 Å². The number of benzene rings is 1. The molecule has 0 aromatic heterocycles.